The Labute approximate surface area is 106 Å². The Hall–Kier alpha value is -0.400. The van der Waals surface area contributed by atoms with Gasteiger partial charge >= 0.3 is 0 Å². The van der Waals surface area contributed by atoms with Crippen LogP contribution in [0.5, 0.6) is 0 Å². The van der Waals surface area contributed by atoms with Crippen molar-refractivity contribution in [1.82, 2.24) is 0 Å². The van der Waals surface area contributed by atoms with Crippen LogP contribution >= 0.6 is 11.3 Å². The third-order valence-corrected chi connectivity index (χ3v) is 8.77. The SMILES string of the molecule is CC1CC(C)S(=O)(=O)c2sc(S(C)(=O)=O)cc21. The van der Waals surface area contributed by atoms with Crippen molar-refractivity contribution < 1.29 is 16.8 Å². The standard InChI is InChI=1S/C10H14O4S3/c1-6-4-7(2)17(13,14)10-8(6)5-9(15-10)16(3,11)12/h5-7H,4H2,1-3H3. The first-order chi connectivity index (χ1) is 7.64. The van der Waals surface area contributed by atoms with Crippen molar-refractivity contribution in [1.29, 1.82) is 0 Å². The minimum absolute atomic E-state index is 0.0928. The first kappa shape index (κ1) is 13.0. The van der Waals surface area contributed by atoms with E-state index in [-0.39, 0.29) is 14.3 Å². The molecule has 7 heteroatoms. The van der Waals surface area contributed by atoms with Crippen LogP contribution in [0.2, 0.25) is 0 Å². The molecule has 1 aliphatic rings. The molecule has 4 nitrogen and oxygen atoms in total. The Morgan fingerprint density at radius 3 is 2.47 bits per heavy atom. The van der Waals surface area contributed by atoms with Crippen LogP contribution in [-0.4, -0.2) is 28.3 Å². The maximum Gasteiger partial charge on any atom is 0.190 e. The van der Waals surface area contributed by atoms with E-state index in [9.17, 15) is 16.8 Å². The van der Waals surface area contributed by atoms with Crippen LogP contribution in [0, 0.1) is 0 Å². The molecular formula is C10H14O4S3. The summed E-state index contributed by atoms with van der Waals surface area (Å²) in [6.45, 7) is 3.61. The monoisotopic (exact) mass is 294 g/mol. The fourth-order valence-electron chi connectivity index (χ4n) is 2.05. The summed E-state index contributed by atoms with van der Waals surface area (Å²) in [6, 6.07) is 1.52. The third kappa shape index (κ3) is 2.04. The summed E-state index contributed by atoms with van der Waals surface area (Å²) in [6.07, 6.45) is 1.65. The lowest BCUT2D eigenvalue weighted by molar-refractivity contribution is 0.549. The molecule has 0 aromatic carbocycles. The summed E-state index contributed by atoms with van der Waals surface area (Å²) in [5.41, 5.74) is 0.661. The second-order valence-electron chi connectivity index (χ2n) is 4.57. The van der Waals surface area contributed by atoms with E-state index in [1.54, 1.807) is 6.92 Å². The Bertz CT molecular complexity index is 652. The largest absolute Gasteiger partial charge is 0.223 e. The molecule has 0 bridgehead atoms. The van der Waals surface area contributed by atoms with Crippen LogP contribution in [0.1, 0.15) is 31.7 Å². The second kappa shape index (κ2) is 3.80. The van der Waals surface area contributed by atoms with Crippen LogP contribution in [0.3, 0.4) is 0 Å². The molecule has 0 saturated heterocycles. The van der Waals surface area contributed by atoms with Gasteiger partial charge < -0.3 is 0 Å². The van der Waals surface area contributed by atoms with Gasteiger partial charge in [-0.3, -0.25) is 0 Å². The molecule has 2 heterocycles. The smallest absolute Gasteiger partial charge is 0.190 e. The summed E-state index contributed by atoms with van der Waals surface area (Å²) in [5, 5.41) is -0.434. The van der Waals surface area contributed by atoms with Crippen LogP contribution in [0.15, 0.2) is 14.5 Å². The molecule has 0 saturated carbocycles. The van der Waals surface area contributed by atoms with Gasteiger partial charge in [-0.1, -0.05) is 6.92 Å². The van der Waals surface area contributed by atoms with E-state index in [2.05, 4.69) is 0 Å². The zero-order valence-electron chi connectivity index (χ0n) is 9.80. The van der Waals surface area contributed by atoms with Gasteiger partial charge in [0.2, 0.25) is 0 Å². The highest BCUT2D eigenvalue weighted by Crippen LogP contribution is 2.43. The zero-order chi connectivity index (χ0) is 13.0. The van der Waals surface area contributed by atoms with Crippen LogP contribution in [0.4, 0.5) is 0 Å². The predicted molar refractivity (Wildman–Crippen MR) is 67.1 cm³/mol. The van der Waals surface area contributed by atoms with E-state index >= 15 is 0 Å². The molecule has 0 spiro atoms. The maximum absolute atomic E-state index is 12.1. The van der Waals surface area contributed by atoms with Crippen molar-refractivity contribution in [2.45, 2.75) is 39.9 Å². The highest BCUT2D eigenvalue weighted by molar-refractivity contribution is 7.96. The minimum Gasteiger partial charge on any atom is -0.223 e. The third-order valence-electron chi connectivity index (χ3n) is 3.07. The molecule has 0 N–H and O–H groups in total. The molecule has 0 fully saturated rings. The molecule has 0 amide bonds. The molecule has 1 aromatic rings. The van der Waals surface area contributed by atoms with Crippen LogP contribution in [0.25, 0.3) is 0 Å². The van der Waals surface area contributed by atoms with Gasteiger partial charge in [-0.25, -0.2) is 16.8 Å². The zero-order valence-corrected chi connectivity index (χ0v) is 12.2. The van der Waals surface area contributed by atoms with Crippen molar-refractivity contribution in [3.63, 3.8) is 0 Å². The summed E-state index contributed by atoms with van der Waals surface area (Å²) in [5.74, 6) is 0.0928. The van der Waals surface area contributed by atoms with E-state index in [0.717, 1.165) is 17.6 Å². The Morgan fingerprint density at radius 2 is 1.94 bits per heavy atom. The van der Waals surface area contributed by atoms with Crippen molar-refractivity contribution in [3.8, 4) is 0 Å². The van der Waals surface area contributed by atoms with Crippen molar-refractivity contribution in [3.05, 3.63) is 11.6 Å². The number of hydrogen-bond acceptors (Lipinski definition) is 5. The predicted octanol–water partition coefficient (Wildman–Crippen LogP) is 1.82. The van der Waals surface area contributed by atoms with Crippen molar-refractivity contribution in [2.75, 3.05) is 6.26 Å². The van der Waals surface area contributed by atoms with Gasteiger partial charge in [0, 0.05) is 6.26 Å². The van der Waals surface area contributed by atoms with E-state index in [4.69, 9.17) is 0 Å². The summed E-state index contributed by atoms with van der Waals surface area (Å²) in [4.78, 5) is 0. The number of thiophene rings is 1. The van der Waals surface area contributed by atoms with Crippen LogP contribution < -0.4 is 0 Å². The molecule has 96 valence electrons. The highest BCUT2D eigenvalue weighted by atomic mass is 32.3. The van der Waals surface area contributed by atoms with Crippen LogP contribution in [-0.2, 0) is 19.7 Å². The number of rotatable bonds is 1. The van der Waals surface area contributed by atoms with Gasteiger partial charge in [0.15, 0.2) is 19.7 Å². The van der Waals surface area contributed by atoms with E-state index < -0.39 is 24.9 Å². The first-order valence-electron chi connectivity index (χ1n) is 5.21. The number of fused-ring (bicyclic) bond motifs is 1. The Morgan fingerprint density at radius 1 is 1.35 bits per heavy atom. The lowest BCUT2D eigenvalue weighted by atomic mass is 9.99. The van der Waals surface area contributed by atoms with Gasteiger partial charge in [0.25, 0.3) is 0 Å². The quantitative estimate of drug-likeness (QED) is 0.792. The average molecular weight is 294 g/mol. The topological polar surface area (TPSA) is 68.3 Å². The van der Waals surface area contributed by atoms with E-state index in [1.165, 1.54) is 6.07 Å². The molecule has 0 radical (unpaired) electrons. The average Bonchev–Trinajstić information content (AvgIpc) is 2.59. The Kier molecular flexibility index (Phi) is 2.91. The van der Waals surface area contributed by atoms with E-state index in [1.807, 2.05) is 6.92 Å². The molecule has 1 aliphatic heterocycles. The summed E-state index contributed by atoms with van der Waals surface area (Å²) in [7, 11) is -6.67. The fourth-order valence-corrected chi connectivity index (χ4v) is 6.87. The molecule has 1 aromatic heterocycles. The van der Waals surface area contributed by atoms with Gasteiger partial charge in [0.1, 0.15) is 8.42 Å². The summed E-state index contributed by atoms with van der Waals surface area (Å²) >= 11 is 0.881. The van der Waals surface area contributed by atoms with E-state index in [0.29, 0.717) is 12.0 Å². The molecule has 2 rings (SSSR count). The molecule has 2 atom stereocenters. The number of hydrogen-bond donors (Lipinski definition) is 0. The molecule has 0 aliphatic carbocycles. The minimum atomic E-state index is -3.34. The van der Waals surface area contributed by atoms with Gasteiger partial charge in [-0.05, 0) is 30.9 Å². The highest BCUT2D eigenvalue weighted by Gasteiger charge is 2.37. The molecule has 17 heavy (non-hydrogen) atoms. The van der Waals surface area contributed by atoms with Gasteiger partial charge in [-0.2, -0.15) is 0 Å². The van der Waals surface area contributed by atoms with Gasteiger partial charge in [-0.15, -0.1) is 11.3 Å². The maximum atomic E-state index is 12.1. The lowest BCUT2D eigenvalue weighted by Gasteiger charge is -2.23. The molecular weight excluding hydrogens is 280 g/mol. The fraction of sp³-hybridized carbons (Fsp3) is 0.600. The first-order valence-corrected chi connectivity index (χ1v) is 9.47. The number of sulfone groups is 2. The second-order valence-corrected chi connectivity index (χ2v) is 10.4. The van der Waals surface area contributed by atoms with Gasteiger partial charge in [0.05, 0.1) is 5.25 Å². The van der Waals surface area contributed by atoms with Crippen molar-refractivity contribution in [2.24, 2.45) is 0 Å². The lowest BCUT2D eigenvalue weighted by Crippen LogP contribution is -2.25. The molecule has 2 unspecified atom stereocenters. The normalized spacial score (nSPS) is 27.7. The summed E-state index contributed by atoms with van der Waals surface area (Å²) < 4.78 is 47.5. The Balaban J connectivity index is 2.73. The van der Waals surface area contributed by atoms with Crippen molar-refractivity contribution >= 4 is 31.0 Å².